The van der Waals surface area contributed by atoms with E-state index in [1.54, 1.807) is 11.0 Å². The molecule has 1 fully saturated rings. The summed E-state index contributed by atoms with van der Waals surface area (Å²) in [5, 5.41) is 4.80. The molecular weight excluding hydrogens is 410 g/mol. The smallest absolute Gasteiger partial charge is 0.275 e. The van der Waals surface area contributed by atoms with Gasteiger partial charge in [0.15, 0.2) is 0 Å². The van der Waals surface area contributed by atoms with E-state index in [2.05, 4.69) is 5.32 Å². The van der Waals surface area contributed by atoms with E-state index in [0.29, 0.717) is 22.9 Å². The van der Waals surface area contributed by atoms with Gasteiger partial charge in [0.25, 0.3) is 5.91 Å². The molecule has 0 saturated heterocycles. The molecule has 1 atom stereocenters. The number of nitrogens with one attached hydrogen (secondary N) is 1. The molecule has 2 amide bonds. The van der Waals surface area contributed by atoms with Crippen LogP contribution in [0.25, 0.3) is 10.9 Å². The summed E-state index contributed by atoms with van der Waals surface area (Å²) >= 11 is 6.41. The van der Waals surface area contributed by atoms with Gasteiger partial charge in [0.2, 0.25) is 5.91 Å². The van der Waals surface area contributed by atoms with Crippen molar-refractivity contribution >= 4 is 40.0 Å². The largest absolute Gasteiger partial charge is 0.351 e. The number of fused-ring (bicyclic) bond motifs is 3. The molecule has 3 aromatic rings. The maximum Gasteiger partial charge on any atom is 0.275 e. The van der Waals surface area contributed by atoms with E-state index in [1.165, 1.54) is 0 Å². The molecule has 1 aliphatic heterocycles. The summed E-state index contributed by atoms with van der Waals surface area (Å²) < 4.78 is 1.98. The summed E-state index contributed by atoms with van der Waals surface area (Å²) in [5.74, 6) is -0.306. The van der Waals surface area contributed by atoms with E-state index in [4.69, 9.17) is 11.6 Å². The van der Waals surface area contributed by atoms with Gasteiger partial charge in [-0.3, -0.25) is 14.5 Å². The molecule has 2 aromatic carbocycles. The van der Waals surface area contributed by atoms with E-state index < -0.39 is 5.54 Å². The van der Waals surface area contributed by atoms with Gasteiger partial charge in [-0.05, 0) is 56.5 Å². The first-order valence-corrected chi connectivity index (χ1v) is 11.3. The number of aromatic nitrogens is 1. The second-order valence-electron chi connectivity index (χ2n) is 8.98. The van der Waals surface area contributed by atoms with E-state index in [9.17, 15) is 9.59 Å². The van der Waals surface area contributed by atoms with Gasteiger partial charge in [0, 0.05) is 27.7 Å². The Kier molecular flexibility index (Phi) is 4.82. The minimum Gasteiger partial charge on any atom is -0.351 e. The van der Waals surface area contributed by atoms with Crippen LogP contribution < -0.4 is 10.2 Å². The molecule has 0 radical (unpaired) electrons. The molecule has 1 aromatic heterocycles. The molecule has 160 valence electrons. The Morgan fingerprint density at radius 3 is 2.61 bits per heavy atom. The molecule has 0 unspecified atom stereocenters. The summed E-state index contributed by atoms with van der Waals surface area (Å²) in [5.41, 5.74) is 2.05. The van der Waals surface area contributed by atoms with Crippen molar-refractivity contribution in [1.82, 2.24) is 9.88 Å². The summed E-state index contributed by atoms with van der Waals surface area (Å²) in [4.78, 5) is 29.1. The first-order valence-electron chi connectivity index (χ1n) is 10.9. The molecule has 5 rings (SSSR count). The number of aryl methyl sites for hydroxylation is 1. The highest BCUT2D eigenvalue weighted by Crippen LogP contribution is 2.37. The number of carbonyl (C=O) groups is 2. The number of hydrogen-bond donors (Lipinski definition) is 1. The van der Waals surface area contributed by atoms with E-state index in [0.717, 1.165) is 42.1 Å². The van der Waals surface area contributed by atoms with Gasteiger partial charge >= 0.3 is 0 Å². The quantitative estimate of drug-likeness (QED) is 0.623. The van der Waals surface area contributed by atoms with Crippen LogP contribution in [0, 0.1) is 6.92 Å². The van der Waals surface area contributed by atoms with Crippen LogP contribution >= 0.6 is 11.6 Å². The predicted octanol–water partition coefficient (Wildman–Crippen LogP) is 5.08. The second-order valence-corrected chi connectivity index (χ2v) is 9.38. The highest BCUT2D eigenvalue weighted by atomic mass is 35.5. The molecule has 1 saturated carbocycles. The van der Waals surface area contributed by atoms with Crippen LogP contribution in [0.2, 0.25) is 5.02 Å². The third kappa shape index (κ3) is 3.23. The Balaban J connectivity index is 1.65. The number of para-hydroxylation sites is 1. The zero-order valence-corrected chi connectivity index (χ0v) is 18.6. The molecule has 0 spiro atoms. The van der Waals surface area contributed by atoms with Gasteiger partial charge in [-0.2, -0.15) is 0 Å². The zero-order chi connectivity index (χ0) is 21.8. The van der Waals surface area contributed by atoms with Crippen LogP contribution in [0.15, 0.2) is 48.5 Å². The first-order chi connectivity index (χ1) is 14.9. The lowest BCUT2D eigenvalue weighted by Gasteiger charge is -2.44. The van der Waals surface area contributed by atoms with E-state index >= 15 is 0 Å². The molecule has 1 aliphatic carbocycles. The van der Waals surface area contributed by atoms with Crippen LogP contribution in [-0.4, -0.2) is 28.0 Å². The molecule has 2 aliphatic rings. The van der Waals surface area contributed by atoms with Crippen molar-refractivity contribution in [2.75, 3.05) is 4.90 Å². The number of halogens is 1. The van der Waals surface area contributed by atoms with Crippen molar-refractivity contribution in [3.63, 3.8) is 0 Å². The highest BCUT2D eigenvalue weighted by Gasteiger charge is 2.49. The van der Waals surface area contributed by atoms with Crippen molar-refractivity contribution in [3.05, 3.63) is 64.8 Å². The molecule has 6 heteroatoms. The Morgan fingerprint density at radius 2 is 1.87 bits per heavy atom. The monoisotopic (exact) mass is 435 g/mol. The summed E-state index contributed by atoms with van der Waals surface area (Å²) in [6, 6.07) is 15.6. The lowest BCUT2D eigenvalue weighted by molar-refractivity contribution is -0.127. The molecular formula is C25H26ClN3O2. The van der Waals surface area contributed by atoms with Crippen molar-refractivity contribution in [1.29, 1.82) is 0 Å². The van der Waals surface area contributed by atoms with Crippen LogP contribution in [0.1, 0.15) is 48.7 Å². The van der Waals surface area contributed by atoms with Crippen LogP contribution in [0.5, 0.6) is 0 Å². The molecule has 31 heavy (non-hydrogen) atoms. The second kappa shape index (κ2) is 7.41. The number of hydrogen-bond acceptors (Lipinski definition) is 2. The Bertz CT molecular complexity index is 1190. The Morgan fingerprint density at radius 1 is 1.13 bits per heavy atom. The zero-order valence-electron chi connectivity index (χ0n) is 17.8. The number of nitrogens with zero attached hydrogens (tertiary/aromatic N) is 2. The summed E-state index contributed by atoms with van der Waals surface area (Å²) in [7, 11) is 0. The van der Waals surface area contributed by atoms with Gasteiger partial charge in [-0.1, -0.05) is 48.7 Å². The fraction of sp³-hybridized carbons (Fsp3) is 0.360. The maximum atomic E-state index is 13.8. The minimum absolute atomic E-state index is 0.118. The van der Waals surface area contributed by atoms with Crippen LogP contribution in [0.3, 0.4) is 0 Å². The highest BCUT2D eigenvalue weighted by molar-refractivity contribution is 6.31. The van der Waals surface area contributed by atoms with Gasteiger partial charge in [-0.25, -0.2) is 0 Å². The van der Waals surface area contributed by atoms with Crippen LogP contribution in [-0.2, 0) is 11.3 Å². The van der Waals surface area contributed by atoms with Gasteiger partial charge in [0.1, 0.15) is 11.2 Å². The molecule has 1 N–H and O–H groups in total. The third-order valence-corrected chi connectivity index (χ3v) is 7.19. The topological polar surface area (TPSA) is 54.3 Å². The molecule has 5 nitrogen and oxygen atoms in total. The molecule has 0 bridgehead atoms. The fourth-order valence-corrected chi connectivity index (χ4v) is 5.16. The van der Waals surface area contributed by atoms with E-state index in [-0.39, 0.29) is 17.9 Å². The predicted molar refractivity (Wildman–Crippen MR) is 124 cm³/mol. The standard InChI is InChI=1S/C25H26ClN3O2/c1-16-11-12-19(14-20(16)26)29-23(30)22-13-17-7-3-6-10-21(17)28(22)15-25(29,2)24(31)27-18-8-4-5-9-18/h3,6-7,10-14,18H,4-5,8-9,15H2,1-2H3,(H,27,31)/t25-/m0/s1. The average molecular weight is 436 g/mol. The number of benzene rings is 2. The van der Waals surface area contributed by atoms with Crippen molar-refractivity contribution in [2.45, 2.75) is 57.7 Å². The van der Waals surface area contributed by atoms with Crippen LogP contribution in [0.4, 0.5) is 5.69 Å². The Hall–Kier alpha value is -2.79. The van der Waals surface area contributed by atoms with Crippen molar-refractivity contribution in [2.24, 2.45) is 0 Å². The fourth-order valence-electron chi connectivity index (χ4n) is 4.98. The maximum absolute atomic E-state index is 13.8. The average Bonchev–Trinajstić information content (AvgIpc) is 3.38. The number of anilines is 1. The first kappa shape index (κ1) is 20.1. The van der Waals surface area contributed by atoms with Crippen molar-refractivity contribution in [3.8, 4) is 0 Å². The number of carbonyl (C=O) groups excluding carboxylic acids is 2. The molecule has 2 heterocycles. The van der Waals surface area contributed by atoms with E-state index in [1.807, 2.05) is 60.9 Å². The lowest BCUT2D eigenvalue weighted by Crippen LogP contribution is -2.65. The van der Waals surface area contributed by atoms with Crippen molar-refractivity contribution < 1.29 is 9.59 Å². The third-order valence-electron chi connectivity index (χ3n) is 6.79. The Labute approximate surface area is 187 Å². The summed E-state index contributed by atoms with van der Waals surface area (Å²) in [6.07, 6.45) is 4.24. The minimum atomic E-state index is -1.08. The normalized spacial score (nSPS) is 21.5. The SMILES string of the molecule is Cc1ccc(N2C(=O)c3cc4ccccc4n3C[C@@]2(C)C(=O)NC2CCCC2)cc1Cl. The summed E-state index contributed by atoms with van der Waals surface area (Å²) in [6.45, 7) is 4.17. The van der Waals surface area contributed by atoms with Gasteiger partial charge in [-0.15, -0.1) is 0 Å². The number of amides is 2. The van der Waals surface area contributed by atoms with Gasteiger partial charge in [0.05, 0.1) is 6.54 Å². The van der Waals surface area contributed by atoms with Gasteiger partial charge < -0.3 is 9.88 Å². The lowest BCUT2D eigenvalue weighted by atomic mass is 9.93. The number of rotatable bonds is 3.